The number of amides is 3. The van der Waals surface area contributed by atoms with E-state index in [1.807, 2.05) is 39.0 Å². The standard InChI is InChI=1S/C14H21N3O2/c1-4-8-15-14(19)17-13(18)9-16-12-7-5-6-10(2)11(12)3/h5-7,16H,4,8-9H2,1-3H3,(H2,15,17,18,19). The van der Waals surface area contributed by atoms with Crippen LogP contribution in [0.4, 0.5) is 10.5 Å². The van der Waals surface area contributed by atoms with Crippen molar-refractivity contribution in [3.63, 3.8) is 0 Å². The molecule has 0 aliphatic heterocycles. The minimum Gasteiger partial charge on any atom is -0.376 e. The Balaban J connectivity index is 2.42. The average molecular weight is 263 g/mol. The van der Waals surface area contributed by atoms with Crippen molar-refractivity contribution in [2.24, 2.45) is 0 Å². The number of rotatable bonds is 5. The molecule has 0 atom stereocenters. The smallest absolute Gasteiger partial charge is 0.321 e. The zero-order valence-electron chi connectivity index (χ0n) is 11.7. The van der Waals surface area contributed by atoms with Gasteiger partial charge >= 0.3 is 6.03 Å². The van der Waals surface area contributed by atoms with Gasteiger partial charge in [-0.3, -0.25) is 10.1 Å². The van der Waals surface area contributed by atoms with Crippen LogP contribution in [0.25, 0.3) is 0 Å². The number of hydrogen-bond donors (Lipinski definition) is 3. The first-order valence-corrected chi connectivity index (χ1v) is 6.42. The van der Waals surface area contributed by atoms with Crippen LogP contribution >= 0.6 is 0 Å². The molecule has 5 nitrogen and oxygen atoms in total. The molecule has 0 fully saturated rings. The number of urea groups is 1. The Labute approximate surface area is 113 Å². The van der Waals surface area contributed by atoms with Gasteiger partial charge in [0.15, 0.2) is 0 Å². The summed E-state index contributed by atoms with van der Waals surface area (Å²) >= 11 is 0. The molecular weight excluding hydrogens is 242 g/mol. The van der Waals surface area contributed by atoms with Gasteiger partial charge in [-0.2, -0.15) is 0 Å². The summed E-state index contributed by atoms with van der Waals surface area (Å²) in [7, 11) is 0. The van der Waals surface area contributed by atoms with Gasteiger partial charge in [0, 0.05) is 12.2 Å². The number of benzene rings is 1. The zero-order chi connectivity index (χ0) is 14.3. The van der Waals surface area contributed by atoms with E-state index in [1.54, 1.807) is 0 Å². The lowest BCUT2D eigenvalue weighted by molar-refractivity contribution is -0.118. The van der Waals surface area contributed by atoms with E-state index in [9.17, 15) is 9.59 Å². The van der Waals surface area contributed by atoms with Crippen LogP contribution in [0.15, 0.2) is 18.2 Å². The van der Waals surface area contributed by atoms with E-state index in [0.717, 1.165) is 23.2 Å². The maximum absolute atomic E-state index is 11.6. The van der Waals surface area contributed by atoms with Crippen LogP contribution in [0, 0.1) is 13.8 Å². The second kappa shape index (κ2) is 7.41. The Morgan fingerprint density at radius 3 is 2.63 bits per heavy atom. The summed E-state index contributed by atoms with van der Waals surface area (Å²) in [5, 5.41) is 7.87. The Bertz CT molecular complexity index is 458. The monoisotopic (exact) mass is 263 g/mol. The van der Waals surface area contributed by atoms with Crippen LogP contribution in [-0.4, -0.2) is 25.0 Å². The van der Waals surface area contributed by atoms with Gasteiger partial charge in [-0.05, 0) is 37.5 Å². The number of carbonyl (C=O) groups is 2. The maximum Gasteiger partial charge on any atom is 0.321 e. The van der Waals surface area contributed by atoms with E-state index < -0.39 is 6.03 Å². The number of anilines is 1. The largest absolute Gasteiger partial charge is 0.376 e. The summed E-state index contributed by atoms with van der Waals surface area (Å²) in [4.78, 5) is 22.8. The third-order valence-electron chi connectivity index (χ3n) is 2.83. The Morgan fingerprint density at radius 1 is 1.21 bits per heavy atom. The van der Waals surface area contributed by atoms with Crippen molar-refractivity contribution in [1.29, 1.82) is 0 Å². The van der Waals surface area contributed by atoms with Crippen LogP contribution in [0.1, 0.15) is 24.5 Å². The van der Waals surface area contributed by atoms with Gasteiger partial charge in [-0.1, -0.05) is 19.1 Å². The predicted molar refractivity (Wildman–Crippen MR) is 76.2 cm³/mol. The van der Waals surface area contributed by atoms with Crippen molar-refractivity contribution in [2.45, 2.75) is 27.2 Å². The van der Waals surface area contributed by atoms with E-state index in [2.05, 4.69) is 16.0 Å². The maximum atomic E-state index is 11.6. The Kier molecular flexibility index (Phi) is 5.85. The molecule has 0 aromatic heterocycles. The van der Waals surface area contributed by atoms with E-state index in [4.69, 9.17) is 0 Å². The highest BCUT2D eigenvalue weighted by atomic mass is 16.2. The van der Waals surface area contributed by atoms with Gasteiger partial charge in [0.05, 0.1) is 6.54 Å². The highest BCUT2D eigenvalue weighted by molar-refractivity contribution is 5.96. The fourth-order valence-corrected chi connectivity index (χ4v) is 1.57. The van der Waals surface area contributed by atoms with E-state index in [1.165, 1.54) is 0 Å². The average Bonchev–Trinajstić information content (AvgIpc) is 2.38. The molecule has 1 rings (SSSR count). The van der Waals surface area contributed by atoms with Crippen molar-refractivity contribution >= 4 is 17.6 Å². The van der Waals surface area contributed by atoms with Crippen molar-refractivity contribution < 1.29 is 9.59 Å². The Morgan fingerprint density at radius 2 is 1.95 bits per heavy atom. The summed E-state index contributed by atoms with van der Waals surface area (Å²) in [5.41, 5.74) is 3.17. The first-order valence-electron chi connectivity index (χ1n) is 6.42. The molecule has 0 unspecified atom stereocenters. The zero-order valence-corrected chi connectivity index (χ0v) is 11.7. The van der Waals surface area contributed by atoms with Crippen LogP contribution < -0.4 is 16.0 Å². The van der Waals surface area contributed by atoms with Crippen LogP contribution in [0.2, 0.25) is 0 Å². The number of imide groups is 1. The van der Waals surface area contributed by atoms with Gasteiger partial charge in [-0.25, -0.2) is 4.79 Å². The lowest BCUT2D eigenvalue weighted by Gasteiger charge is -2.11. The summed E-state index contributed by atoms with van der Waals surface area (Å²) < 4.78 is 0. The quantitative estimate of drug-likeness (QED) is 0.760. The third kappa shape index (κ3) is 4.99. The molecule has 3 amide bonds. The van der Waals surface area contributed by atoms with Gasteiger partial charge in [0.1, 0.15) is 0 Å². The predicted octanol–water partition coefficient (Wildman–Crippen LogP) is 1.95. The molecule has 0 aliphatic rings. The van der Waals surface area contributed by atoms with Crippen molar-refractivity contribution in [3.05, 3.63) is 29.3 Å². The SMILES string of the molecule is CCCNC(=O)NC(=O)CNc1cccc(C)c1C. The molecule has 3 N–H and O–H groups in total. The molecule has 1 aromatic rings. The van der Waals surface area contributed by atoms with E-state index in [0.29, 0.717) is 6.54 Å². The lowest BCUT2D eigenvalue weighted by Crippen LogP contribution is -2.42. The van der Waals surface area contributed by atoms with Gasteiger partial charge in [-0.15, -0.1) is 0 Å². The molecule has 0 heterocycles. The van der Waals surface area contributed by atoms with Crippen LogP contribution in [0.3, 0.4) is 0 Å². The first-order chi connectivity index (χ1) is 9.04. The Hall–Kier alpha value is -2.04. The molecule has 19 heavy (non-hydrogen) atoms. The van der Waals surface area contributed by atoms with E-state index >= 15 is 0 Å². The van der Waals surface area contributed by atoms with E-state index in [-0.39, 0.29) is 12.5 Å². The summed E-state index contributed by atoms with van der Waals surface area (Å²) in [6, 6.07) is 5.40. The molecule has 0 bridgehead atoms. The summed E-state index contributed by atoms with van der Waals surface area (Å²) in [6.45, 7) is 6.58. The molecule has 104 valence electrons. The number of carbonyl (C=O) groups excluding carboxylic acids is 2. The molecule has 0 saturated heterocycles. The highest BCUT2D eigenvalue weighted by Gasteiger charge is 2.07. The van der Waals surface area contributed by atoms with Crippen LogP contribution in [-0.2, 0) is 4.79 Å². The van der Waals surface area contributed by atoms with Gasteiger partial charge in [0.25, 0.3) is 0 Å². The fraction of sp³-hybridized carbons (Fsp3) is 0.429. The first kappa shape index (κ1) is 15.0. The van der Waals surface area contributed by atoms with Gasteiger partial charge < -0.3 is 10.6 Å². The molecular formula is C14H21N3O2. The molecule has 5 heteroatoms. The lowest BCUT2D eigenvalue weighted by atomic mass is 10.1. The summed E-state index contributed by atoms with van der Waals surface area (Å²) in [6.07, 6.45) is 0.836. The molecule has 1 aromatic carbocycles. The highest BCUT2D eigenvalue weighted by Crippen LogP contribution is 2.17. The molecule has 0 saturated carbocycles. The second-order valence-electron chi connectivity index (χ2n) is 4.41. The number of hydrogen-bond acceptors (Lipinski definition) is 3. The topological polar surface area (TPSA) is 70.2 Å². The minimum atomic E-state index is -0.449. The minimum absolute atomic E-state index is 0.0733. The second-order valence-corrected chi connectivity index (χ2v) is 4.41. The third-order valence-corrected chi connectivity index (χ3v) is 2.83. The number of aryl methyl sites for hydroxylation is 1. The molecule has 0 spiro atoms. The molecule has 0 radical (unpaired) electrons. The van der Waals surface area contributed by atoms with Crippen LogP contribution in [0.5, 0.6) is 0 Å². The molecule has 0 aliphatic carbocycles. The van der Waals surface area contributed by atoms with Crippen molar-refractivity contribution in [3.8, 4) is 0 Å². The number of nitrogens with one attached hydrogen (secondary N) is 3. The van der Waals surface area contributed by atoms with Crippen molar-refractivity contribution in [1.82, 2.24) is 10.6 Å². The summed E-state index contributed by atoms with van der Waals surface area (Å²) in [5.74, 6) is -0.352. The van der Waals surface area contributed by atoms with Gasteiger partial charge in [0.2, 0.25) is 5.91 Å². The fourth-order valence-electron chi connectivity index (χ4n) is 1.57. The van der Waals surface area contributed by atoms with Crippen molar-refractivity contribution in [2.75, 3.05) is 18.4 Å². The normalized spacial score (nSPS) is 9.84.